The molecule has 1 N–H and O–H groups in total. The predicted octanol–water partition coefficient (Wildman–Crippen LogP) is 2.11. The third kappa shape index (κ3) is 2.11. The lowest BCUT2D eigenvalue weighted by atomic mass is 9.89. The van der Waals surface area contributed by atoms with Gasteiger partial charge in [-0.15, -0.1) is 0 Å². The molecule has 94 valence electrons. The zero-order chi connectivity index (χ0) is 12.5. The van der Waals surface area contributed by atoms with Gasteiger partial charge in [-0.25, -0.2) is 0 Å². The molecule has 18 heavy (non-hydrogen) atoms. The number of rotatable bonds is 3. The Bertz CT molecular complexity index is 535. The van der Waals surface area contributed by atoms with Crippen molar-refractivity contribution in [1.82, 2.24) is 20.4 Å². The number of hydrogen-bond acceptors (Lipinski definition) is 5. The lowest BCUT2D eigenvalue weighted by molar-refractivity contribution is 0.252. The highest BCUT2D eigenvalue weighted by Crippen LogP contribution is 2.27. The SMILES string of the molecule is CC(c1nc(-c2ccc(Cl)cn2)no1)C1CNC1. The quantitative estimate of drug-likeness (QED) is 0.920. The molecule has 3 rings (SSSR count). The molecule has 1 unspecified atom stereocenters. The van der Waals surface area contributed by atoms with Crippen LogP contribution in [0.2, 0.25) is 5.02 Å². The number of nitrogens with one attached hydrogen (secondary N) is 1. The summed E-state index contributed by atoms with van der Waals surface area (Å²) in [6.45, 7) is 4.13. The van der Waals surface area contributed by atoms with Crippen LogP contribution in [0, 0.1) is 5.92 Å². The summed E-state index contributed by atoms with van der Waals surface area (Å²) in [6, 6.07) is 3.55. The fraction of sp³-hybridized carbons (Fsp3) is 0.417. The fourth-order valence-electron chi connectivity index (χ4n) is 1.90. The van der Waals surface area contributed by atoms with E-state index >= 15 is 0 Å². The number of halogens is 1. The average molecular weight is 265 g/mol. The van der Waals surface area contributed by atoms with E-state index < -0.39 is 0 Å². The summed E-state index contributed by atoms with van der Waals surface area (Å²) in [7, 11) is 0. The molecule has 1 saturated heterocycles. The van der Waals surface area contributed by atoms with Crippen LogP contribution in [0.15, 0.2) is 22.9 Å². The minimum absolute atomic E-state index is 0.278. The van der Waals surface area contributed by atoms with Crippen molar-refractivity contribution in [1.29, 1.82) is 0 Å². The number of hydrogen-bond donors (Lipinski definition) is 1. The van der Waals surface area contributed by atoms with E-state index in [9.17, 15) is 0 Å². The Morgan fingerprint density at radius 2 is 2.28 bits per heavy atom. The van der Waals surface area contributed by atoms with Crippen LogP contribution in [0.5, 0.6) is 0 Å². The van der Waals surface area contributed by atoms with Crippen LogP contribution in [-0.4, -0.2) is 28.2 Å². The predicted molar refractivity (Wildman–Crippen MR) is 67.3 cm³/mol. The molecular formula is C12H13ClN4O. The van der Waals surface area contributed by atoms with E-state index in [1.807, 2.05) is 0 Å². The molecule has 0 amide bonds. The minimum atomic E-state index is 0.278. The smallest absolute Gasteiger partial charge is 0.230 e. The van der Waals surface area contributed by atoms with Crippen molar-refractivity contribution in [2.45, 2.75) is 12.8 Å². The largest absolute Gasteiger partial charge is 0.339 e. The summed E-state index contributed by atoms with van der Waals surface area (Å²) < 4.78 is 5.31. The van der Waals surface area contributed by atoms with Crippen molar-refractivity contribution >= 4 is 11.6 Å². The first kappa shape index (κ1) is 11.6. The molecule has 1 aliphatic rings. The maximum absolute atomic E-state index is 5.79. The molecule has 5 nitrogen and oxygen atoms in total. The Morgan fingerprint density at radius 1 is 1.44 bits per heavy atom. The van der Waals surface area contributed by atoms with Gasteiger partial charge in [-0.3, -0.25) is 4.98 Å². The summed E-state index contributed by atoms with van der Waals surface area (Å²) in [5, 5.41) is 7.80. The lowest BCUT2D eigenvalue weighted by Gasteiger charge is -2.30. The molecule has 0 bridgehead atoms. The van der Waals surface area contributed by atoms with Crippen molar-refractivity contribution in [3.63, 3.8) is 0 Å². The molecule has 1 fully saturated rings. The normalized spacial score (nSPS) is 17.4. The van der Waals surface area contributed by atoms with Crippen molar-refractivity contribution in [2.75, 3.05) is 13.1 Å². The van der Waals surface area contributed by atoms with Crippen LogP contribution in [0.25, 0.3) is 11.5 Å². The number of pyridine rings is 1. The van der Waals surface area contributed by atoms with Gasteiger partial charge >= 0.3 is 0 Å². The summed E-state index contributed by atoms with van der Waals surface area (Å²) in [5.41, 5.74) is 0.674. The van der Waals surface area contributed by atoms with E-state index in [4.69, 9.17) is 16.1 Å². The molecule has 2 aromatic rings. The first-order valence-electron chi connectivity index (χ1n) is 5.90. The third-order valence-corrected chi connectivity index (χ3v) is 3.53. The summed E-state index contributed by atoms with van der Waals surface area (Å²) >= 11 is 5.79. The number of nitrogens with zero attached hydrogens (tertiary/aromatic N) is 3. The van der Waals surface area contributed by atoms with Gasteiger partial charge in [-0.1, -0.05) is 23.7 Å². The zero-order valence-corrected chi connectivity index (χ0v) is 10.7. The second kappa shape index (κ2) is 4.66. The van der Waals surface area contributed by atoms with Gasteiger partial charge in [0.05, 0.1) is 5.02 Å². The standard InChI is InChI=1S/C12H13ClN4O/c1-7(8-4-14-5-8)12-16-11(17-18-12)10-3-2-9(13)6-15-10/h2-3,6-8,14H,4-5H2,1H3. The zero-order valence-electron chi connectivity index (χ0n) is 9.93. The van der Waals surface area contributed by atoms with Gasteiger partial charge in [0, 0.05) is 12.1 Å². The number of aromatic nitrogens is 3. The van der Waals surface area contributed by atoms with Gasteiger partial charge in [0.15, 0.2) is 0 Å². The molecule has 1 atom stereocenters. The van der Waals surface area contributed by atoms with E-state index in [1.165, 1.54) is 0 Å². The monoisotopic (exact) mass is 264 g/mol. The van der Waals surface area contributed by atoms with E-state index in [1.54, 1.807) is 18.3 Å². The van der Waals surface area contributed by atoms with Crippen LogP contribution in [0.4, 0.5) is 0 Å². The molecule has 0 saturated carbocycles. The van der Waals surface area contributed by atoms with Crippen LogP contribution in [-0.2, 0) is 0 Å². The second-order valence-electron chi connectivity index (χ2n) is 4.52. The lowest BCUT2D eigenvalue weighted by Crippen LogP contribution is -2.44. The maximum atomic E-state index is 5.79. The van der Waals surface area contributed by atoms with Crippen LogP contribution >= 0.6 is 11.6 Å². The van der Waals surface area contributed by atoms with Gasteiger partial charge in [-0.05, 0) is 31.1 Å². The van der Waals surface area contributed by atoms with Gasteiger partial charge in [-0.2, -0.15) is 4.98 Å². The molecule has 0 aromatic carbocycles. The third-order valence-electron chi connectivity index (χ3n) is 3.31. The molecule has 1 aliphatic heterocycles. The summed E-state index contributed by atoms with van der Waals surface area (Å²) in [6.07, 6.45) is 1.58. The fourth-order valence-corrected chi connectivity index (χ4v) is 2.01. The van der Waals surface area contributed by atoms with E-state index in [2.05, 4.69) is 27.4 Å². The van der Waals surface area contributed by atoms with Crippen LogP contribution < -0.4 is 5.32 Å². The Hall–Kier alpha value is -1.46. The molecule has 0 aliphatic carbocycles. The minimum Gasteiger partial charge on any atom is -0.339 e. The highest BCUT2D eigenvalue weighted by Gasteiger charge is 2.28. The van der Waals surface area contributed by atoms with Gasteiger partial charge in [0.2, 0.25) is 11.7 Å². The Morgan fingerprint density at radius 3 is 2.89 bits per heavy atom. The van der Waals surface area contributed by atoms with Crippen molar-refractivity contribution in [3.05, 3.63) is 29.2 Å². The van der Waals surface area contributed by atoms with Crippen LogP contribution in [0.1, 0.15) is 18.7 Å². The summed E-state index contributed by atoms with van der Waals surface area (Å²) in [4.78, 5) is 8.57. The van der Waals surface area contributed by atoms with Crippen LogP contribution in [0.3, 0.4) is 0 Å². The molecular weight excluding hydrogens is 252 g/mol. The van der Waals surface area contributed by atoms with Gasteiger partial charge in [0.25, 0.3) is 0 Å². The van der Waals surface area contributed by atoms with Gasteiger partial charge in [0.1, 0.15) is 5.69 Å². The Kier molecular flexibility index (Phi) is 3.01. The highest BCUT2D eigenvalue weighted by atomic mass is 35.5. The van der Waals surface area contributed by atoms with Crippen molar-refractivity contribution in [3.8, 4) is 11.5 Å². The van der Waals surface area contributed by atoms with Gasteiger partial charge < -0.3 is 9.84 Å². The molecule has 0 spiro atoms. The summed E-state index contributed by atoms with van der Waals surface area (Å²) in [5.74, 6) is 2.05. The van der Waals surface area contributed by atoms with E-state index in [0.29, 0.717) is 28.3 Å². The van der Waals surface area contributed by atoms with E-state index in [0.717, 1.165) is 13.1 Å². The first-order chi connectivity index (χ1) is 8.74. The topological polar surface area (TPSA) is 63.8 Å². The Balaban J connectivity index is 1.82. The average Bonchev–Trinajstić information content (AvgIpc) is 2.77. The van der Waals surface area contributed by atoms with Crippen molar-refractivity contribution < 1.29 is 4.52 Å². The Labute approximate surface area is 110 Å². The molecule has 0 radical (unpaired) electrons. The molecule has 2 aromatic heterocycles. The van der Waals surface area contributed by atoms with E-state index in [-0.39, 0.29) is 5.92 Å². The first-order valence-corrected chi connectivity index (χ1v) is 6.28. The highest BCUT2D eigenvalue weighted by molar-refractivity contribution is 6.30. The molecule has 3 heterocycles. The maximum Gasteiger partial charge on any atom is 0.230 e. The van der Waals surface area contributed by atoms with Crippen molar-refractivity contribution in [2.24, 2.45) is 5.92 Å². The molecule has 6 heteroatoms. The second-order valence-corrected chi connectivity index (χ2v) is 4.96.